The zero-order chi connectivity index (χ0) is 16.2. The lowest BCUT2D eigenvalue weighted by Crippen LogP contribution is -2.06. The third-order valence-electron chi connectivity index (χ3n) is 3.00. The maximum atomic E-state index is 6.16. The Morgan fingerprint density at radius 2 is 1.65 bits per heavy atom. The van der Waals surface area contributed by atoms with Crippen LogP contribution in [0.15, 0.2) is 48.9 Å². The lowest BCUT2D eigenvalue weighted by Gasteiger charge is -2.13. The number of aromatic nitrogens is 3. The van der Waals surface area contributed by atoms with E-state index in [0.717, 1.165) is 0 Å². The molecule has 0 saturated heterocycles. The quantitative estimate of drug-likeness (QED) is 0.654. The number of rotatable bonds is 4. The van der Waals surface area contributed by atoms with Crippen molar-refractivity contribution in [2.45, 2.75) is 0 Å². The molecule has 116 valence electrons. The molecule has 0 amide bonds. The molecule has 0 bridgehead atoms. The summed E-state index contributed by atoms with van der Waals surface area (Å²) in [5.74, 6) is 1.49. The Balaban J connectivity index is 1.89. The largest absolute Gasteiger partial charge is 0.393 e. The molecule has 3 rings (SSSR count). The average Bonchev–Trinajstić information content (AvgIpc) is 2.56. The van der Waals surface area contributed by atoms with Crippen LogP contribution < -0.4 is 16.4 Å². The molecule has 2 aromatic heterocycles. The summed E-state index contributed by atoms with van der Waals surface area (Å²) in [6.45, 7) is 0. The zero-order valence-electron chi connectivity index (χ0n) is 11.8. The van der Waals surface area contributed by atoms with Crippen molar-refractivity contribution in [2.75, 3.05) is 16.4 Å². The summed E-state index contributed by atoms with van der Waals surface area (Å²) < 4.78 is 0. The predicted octanol–water partition coefficient (Wildman–Crippen LogP) is 4.25. The molecule has 0 aliphatic rings. The number of hydrogen-bond acceptors (Lipinski definition) is 6. The molecule has 0 saturated carbocycles. The Morgan fingerprint density at radius 1 is 0.870 bits per heavy atom. The van der Waals surface area contributed by atoms with Crippen LogP contribution in [0.2, 0.25) is 10.0 Å². The molecule has 3 aromatic rings. The summed E-state index contributed by atoms with van der Waals surface area (Å²) in [5.41, 5.74) is 7.06. The van der Waals surface area contributed by atoms with E-state index in [1.807, 2.05) is 18.2 Å². The predicted molar refractivity (Wildman–Crippen MR) is 93.7 cm³/mol. The van der Waals surface area contributed by atoms with Crippen LogP contribution in [0.25, 0.3) is 0 Å². The minimum absolute atomic E-state index is 0.342. The molecular formula is C15H12Cl2N6. The van der Waals surface area contributed by atoms with Gasteiger partial charge in [0.2, 0.25) is 0 Å². The van der Waals surface area contributed by atoms with Crippen molar-refractivity contribution < 1.29 is 0 Å². The van der Waals surface area contributed by atoms with Gasteiger partial charge in [0.1, 0.15) is 17.8 Å². The maximum absolute atomic E-state index is 6.16. The minimum atomic E-state index is 0.342. The van der Waals surface area contributed by atoms with E-state index in [9.17, 15) is 0 Å². The SMILES string of the molecule is Nc1c(Nc2ccccn2)ncnc1Nc1cccc(Cl)c1Cl. The summed E-state index contributed by atoms with van der Waals surface area (Å²) in [4.78, 5) is 12.4. The smallest absolute Gasteiger partial charge is 0.160 e. The van der Waals surface area contributed by atoms with Crippen LogP contribution >= 0.6 is 23.2 Å². The van der Waals surface area contributed by atoms with Crippen molar-refractivity contribution in [3.05, 3.63) is 59.0 Å². The Kier molecular flexibility index (Phi) is 4.45. The molecule has 23 heavy (non-hydrogen) atoms. The Bertz CT molecular complexity index is 825. The van der Waals surface area contributed by atoms with Gasteiger partial charge in [-0.25, -0.2) is 15.0 Å². The highest BCUT2D eigenvalue weighted by atomic mass is 35.5. The summed E-state index contributed by atoms with van der Waals surface area (Å²) in [5, 5.41) is 6.93. The van der Waals surface area contributed by atoms with Gasteiger partial charge in [0.15, 0.2) is 11.6 Å². The number of pyridine rings is 1. The molecule has 0 radical (unpaired) electrons. The van der Waals surface area contributed by atoms with E-state index in [-0.39, 0.29) is 0 Å². The monoisotopic (exact) mass is 346 g/mol. The summed E-state index contributed by atoms with van der Waals surface area (Å²) in [7, 11) is 0. The van der Waals surface area contributed by atoms with Crippen LogP contribution in [0, 0.1) is 0 Å². The van der Waals surface area contributed by atoms with Crippen molar-refractivity contribution in [1.29, 1.82) is 0 Å². The molecule has 0 aliphatic carbocycles. The van der Waals surface area contributed by atoms with E-state index in [4.69, 9.17) is 28.9 Å². The van der Waals surface area contributed by atoms with Gasteiger partial charge in [0.25, 0.3) is 0 Å². The van der Waals surface area contributed by atoms with E-state index < -0.39 is 0 Å². The molecule has 0 aliphatic heterocycles. The van der Waals surface area contributed by atoms with Crippen LogP contribution in [0.4, 0.5) is 28.8 Å². The van der Waals surface area contributed by atoms with Crippen molar-refractivity contribution in [3.63, 3.8) is 0 Å². The first-order chi connectivity index (χ1) is 11.1. The summed E-state index contributed by atoms with van der Waals surface area (Å²) in [6.07, 6.45) is 3.06. The second-order valence-corrected chi connectivity index (χ2v) is 5.34. The number of benzene rings is 1. The standard InChI is InChI=1S/C15H12Cl2N6/c16-9-4-3-5-10(12(9)17)22-14-13(18)15(21-8-20-14)23-11-6-1-2-7-19-11/h1-8H,18H2,(H2,19,20,21,22,23). The normalized spacial score (nSPS) is 10.3. The molecule has 2 heterocycles. The molecule has 0 atom stereocenters. The number of nitrogens with one attached hydrogen (secondary N) is 2. The fourth-order valence-corrected chi connectivity index (χ4v) is 2.23. The average molecular weight is 347 g/mol. The first-order valence-corrected chi connectivity index (χ1v) is 7.40. The molecule has 4 N–H and O–H groups in total. The van der Waals surface area contributed by atoms with Gasteiger partial charge in [0.05, 0.1) is 15.7 Å². The van der Waals surface area contributed by atoms with Gasteiger partial charge in [-0.2, -0.15) is 0 Å². The molecule has 1 aromatic carbocycles. The van der Waals surface area contributed by atoms with Crippen LogP contribution in [-0.4, -0.2) is 15.0 Å². The van der Waals surface area contributed by atoms with Crippen LogP contribution in [-0.2, 0) is 0 Å². The molecular weight excluding hydrogens is 335 g/mol. The van der Waals surface area contributed by atoms with E-state index in [1.165, 1.54) is 6.33 Å². The summed E-state index contributed by atoms with van der Waals surface area (Å²) in [6, 6.07) is 10.7. The molecule has 6 nitrogen and oxygen atoms in total. The second kappa shape index (κ2) is 6.68. The first kappa shape index (κ1) is 15.3. The highest BCUT2D eigenvalue weighted by Gasteiger charge is 2.11. The highest BCUT2D eigenvalue weighted by Crippen LogP contribution is 2.34. The fraction of sp³-hybridized carbons (Fsp3) is 0. The number of nitrogens with zero attached hydrogens (tertiary/aromatic N) is 3. The molecule has 0 fully saturated rings. The number of hydrogen-bond donors (Lipinski definition) is 3. The second-order valence-electron chi connectivity index (χ2n) is 4.55. The van der Waals surface area contributed by atoms with Gasteiger partial charge >= 0.3 is 0 Å². The third kappa shape index (κ3) is 3.44. The van der Waals surface area contributed by atoms with Gasteiger partial charge in [0, 0.05) is 6.20 Å². The van der Waals surface area contributed by atoms with Crippen molar-refractivity contribution in [3.8, 4) is 0 Å². The fourth-order valence-electron chi connectivity index (χ4n) is 1.88. The van der Waals surface area contributed by atoms with Crippen LogP contribution in [0.5, 0.6) is 0 Å². The summed E-state index contributed by atoms with van der Waals surface area (Å²) >= 11 is 12.2. The van der Waals surface area contributed by atoms with E-state index in [1.54, 1.807) is 24.4 Å². The zero-order valence-corrected chi connectivity index (χ0v) is 13.3. The third-order valence-corrected chi connectivity index (χ3v) is 3.82. The van der Waals surface area contributed by atoms with Gasteiger partial charge in [-0.3, -0.25) is 0 Å². The van der Waals surface area contributed by atoms with Gasteiger partial charge in [-0.05, 0) is 24.3 Å². The number of nitrogen functional groups attached to an aromatic ring is 1. The number of anilines is 5. The van der Waals surface area contributed by atoms with Gasteiger partial charge < -0.3 is 16.4 Å². The Labute approximate surface area is 142 Å². The molecule has 0 spiro atoms. The molecule has 0 unspecified atom stereocenters. The van der Waals surface area contributed by atoms with Gasteiger partial charge in [-0.15, -0.1) is 0 Å². The lowest BCUT2D eigenvalue weighted by atomic mass is 10.3. The minimum Gasteiger partial charge on any atom is -0.393 e. The number of nitrogens with two attached hydrogens (primary N) is 1. The lowest BCUT2D eigenvalue weighted by molar-refractivity contribution is 1.16. The van der Waals surface area contributed by atoms with E-state index >= 15 is 0 Å². The van der Waals surface area contributed by atoms with Gasteiger partial charge in [-0.1, -0.05) is 35.3 Å². The highest BCUT2D eigenvalue weighted by molar-refractivity contribution is 6.43. The van der Waals surface area contributed by atoms with Crippen LogP contribution in [0.3, 0.4) is 0 Å². The van der Waals surface area contributed by atoms with Crippen molar-refractivity contribution >= 4 is 52.0 Å². The Hall–Kier alpha value is -2.57. The van der Waals surface area contributed by atoms with Crippen molar-refractivity contribution in [2.24, 2.45) is 0 Å². The number of halogens is 2. The van der Waals surface area contributed by atoms with Crippen LogP contribution in [0.1, 0.15) is 0 Å². The van der Waals surface area contributed by atoms with E-state index in [2.05, 4.69) is 25.6 Å². The first-order valence-electron chi connectivity index (χ1n) is 6.64. The van der Waals surface area contributed by atoms with E-state index in [0.29, 0.717) is 38.9 Å². The Morgan fingerprint density at radius 3 is 2.39 bits per heavy atom. The maximum Gasteiger partial charge on any atom is 0.160 e. The topological polar surface area (TPSA) is 88.8 Å². The molecule has 8 heteroatoms. The van der Waals surface area contributed by atoms with Crippen molar-refractivity contribution in [1.82, 2.24) is 15.0 Å².